The SMILES string of the molecule is COc1ccc2cc(CN3CCC3)ccc2c1. The minimum atomic E-state index is 0.924. The van der Waals surface area contributed by atoms with E-state index in [-0.39, 0.29) is 0 Å². The highest BCUT2D eigenvalue weighted by Gasteiger charge is 2.13. The maximum Gasteiger partial charge on any atom is 0.119 e. The van der Waals surface area contributed by atoms with E-state index in [4.69, 9.17) is 4.74 Å². The molecule has 0 radical (unpaired) electrons. The number of hydrogen-bond donors (Lipinski definition) is 0. The normalized spacial score (nSPS) is 15.8. The minimum Gasteiger partial charge on any atom is -0.497 e. The first-order valence-electron chi connectivity index (χ1n) is 6.14. The first kappa shape index (κ1) is 10.6. The van der Waals surface area contributed by atoms with E-state index < -0.39 is 0 Å². The lowest BCUT2D eigenvalue weighted by Gasteiger charge is -2.30. The van der Waals surface area contributed by atoms with E-state index in [0.29, 0.717) is 0 Å². The number of ether oxygens (including phenoxy) is 1. The molecule has 0 amide bonds. The molecular formula is C15H17NO. The van der Waals surface area contributed by atoms with Gasteiger partial charge in [0, 0.05) is 6.54 Å². The molecule has 3 rings (SSSR count). The van der Waals surface area contributed by atoms with Crippen LogP contribution >= 0.6 is 0 Å². The standard InChI is InChI=1S/C15H17NO/c1-17-15-6-5-13-9-12(3-4-14(13)10-15)11-16-7-2-8-16/h3-6,9-10H,2,7-8,11H2,1H3. The summed E-state index contributed by atoms with van der Waals surface area (Å²) in [4.78, 5) is 2.48. The Kier molecular flexibility index (Phi) is 2.73. The molecule has 0 unspecified atom stereocenters. The van der Waals surface area contributed by atoms with Gasteiger partial charge in [0.15, 0.2) is 0 Å². The second-order valence-corrected chi connectivity index (χ2v) is 4.68. The Balaban J connectivity index is 1.90. The fourth-order valence-electron chi connectivity index (χ4n) is 2.30. The van der Waals surface area contributed by atoms with Gasteiger partial charge >= 0.3 is 0 Å². The number of benzene rings is 2. The van der Waals surface area contributed by atoms with Gasteiger partial charge in [-0.1, -0.05) is 18.2 Å². The van der Waals surface area contributed by atoms with Crippen LogP contribution in [-0.4, -0.2) is 25.1 Å². The predicted molar refractivity (Wildman–Crippen MR) is 70.4 cm³/mol. The number of likely N-dealkylation sites (tertiary alicyclic amines) is 1. The molecule has 1 heterocycles. The van der Waals surface area contributed by atoms with Crippen LogP contribution in [0, 0.1) is 0 Å². The van der Waals surface area contributed by atoms with Crippen LogP contribution in [0.1, 0.15) is 12.0 Å². The summed E-state index contributed by atoms with van der Waals surface area (Å²) in [5.41, 5.74) is 1.40. The third kappa shape index (κ3) is 2.13. The van der Waals surface area contributed by atoms with E-state index in [1.807, 2.05) is 6.07 Å². The van der Waals surface area contributed by atoms with Crippen molar-refractivity contribution in [3.05, 3.63) is 42.0 Å². The summed E-state index contributed by atoms with van der Waals surface area (Å²) in [5.74, 6) is 0.924. The van der Waals surface area contributed by atoms with Crippen molar-refractivity contribution in [1.29, 1.82) is 0 Å². The zero-order chi connectivity index (χ0) is 11.7. The van der Waals surface area contributed by atoms with E-state index in [0.717, 1.165) is 12.3 Å². The van der Waals surface area contributed by atoms with Gasteiger partial charge in [-0.05, 0) is 54.0 Å². The molecule has 2 aromatic rings. The number of rotatable bonds is 3. The molecule has 1 aliphatic heterocycles. The highest BCUT2D eigenvalue weighted by Crippen LogP contribution is 2.23. The minimum absolute atomic E-state index is 0.924. The van der Waals surface area contributed by atoms with Gasteiger partial charge in [-0.25, -0.2) is 0 Å². The van der Waals surface area contributed by atoms with E-state index >= 15 is 0 Å². The molecule has 17 heavy (non-hydrogen) atoms. The zero-order valence-corrected chi connectivity index (χ0v) is 10.1. The monoisotopic (exact) mass is 227 g/mol. The van der Waals surface area contributed by atoms with E-state index in [9.17, 15) is 0 Å². The van der Waals surface area contributed by atoms with Crippen LogP contribution in [-0.2, 0) is 6.54 Å². The van der Waals surface area contributed by atoms with Crippen LogP contribution in [0.15, 0.2) is 36.4 Å². The summed E-state index contributed by atoms with van der Waals surface area (Å²) in [5, 5.41) is 2.54. The first-order chi connectivity index (χ1) is 8.35. The van der Waals surface area contributed by atoms with Crippen molar-refractivity contribution < 1.29 is 4.74 Å². The Morgan fingerprint density at radius 2 is 1.82 bits per heavy atom. The van der Waals surface area contributed by atoms with Crippen LogP contribution < -0.4 is 4.74 Å². The quantitative estimate of drug-likeness (QED) is 0.799. The molecule has 1 saturated heterocycles. The van der Waals surface area contributed by atoms with Gasteiger partial charge in [0.25, 0.3) is 0 Å². The van der Waals surface area contributed by atoms with Gasteiger partial charge in [-0.3, -0.25) is 4.90 Å². The molecule has 1 fully saturated rings. The van der Waals surface area contributed by atoms with Crippen molar-refractivity contribution in [3.8, 4) is 5.75 Å². The van der Waals surface area contributed by atoms with Gasteiger partial charge in [-0.15, -0.1) is 0 Å². The van der Waals surface area contributed by atoms with E-state index in [1.165, 1.54) is 35.8 Å². The van der Waals surface area contributed by atoms with Crippen molar-refractivity contribution in [2.45, 2.75) is 13.0 Å². The first-order valence-corrected chi connectivity index (χ1v) is 6.14. The fourth-order valence-corrected chi connectivity index (χ4v) is 2.30. The third-order valence-electron chi connectivity index (χ3n) is 3.47. The molecule has 1 aliphatic rings. The second kappa shape index (κ2) is 4.38. The predicted octanol–water partition coefficient (Wildman–Crippen LogP) is 3.05. The summed E-state index contributed by atoms with van der Waals surface area (Å²) in [6, 6.07) is 12.9. The molecule has 88 valence electrons. The van der Waals surface area contributed by atoms with Crippen LogP contribution in [0.25, 0.3) is 10.8 Å². The summed E-state index contributed by atoms with van der Waals surface area (Å²) < 4.78 is 5.24. The summed E-state index contributed by atoms with van der Waals surface area (Å²) in [6.45, 7) is 3.59. The number of nitrogens with zero attached hydrogens (tertiary/aromatic N) is 1. The molecular weight excluding hydrogens is 210 g/mol. The van der Waals surface area contributed by atoms with Crippen molar-refractivity contribution in [3.63, 3.8) is 0 Å². The Morgan fingerprint density at radius 3 is 2.53 bits per heavy atom. The molecule has 0 aliphatic carbocycles. The van der Waals surface area contributed by atoms with Gasteiger partial charge in [0.2, 0.25) is 0 Å². The van der Waals surface area contributed by atoms with Crippen LogP contribution in [0.5, 0.6) is 5.75 Å². The largest absolute Gasteiger partial charge is 0.497 e. The number of methoxy groups -OCH3 is 1. The van der Waals surface area contributed by atoms with Crippen LogP contribution in [0.4, 0.5) is 0 Å². The van der Waals surface area contributed by atoms with Gasteiger partial charge in [-0.2, -0.15) is 0 Å². The lowest BCUT2D eigenvalue weighted by molar-refractivity contribution is 0.172. The van der Waals surface area contributed by atoms with Crippen LogP contribution in [0.3, 0.4) is 0 Å². The smallest absolute Gasteiger partial charge is 0.119 e. The molecule has 0 bridgehead atoms. The summed E-state index contributed by atoms with van der Waals surface area (Å²) in [6.07, 6.45) is 1.35. The average molecular weight is 227 g/mol. The summed E-state index contributed by atoms with van der Waals surface area (Å²) in [7, 11) is 1.71. The molecule has 0 spiro atoms. The lowest BCUT2D eigenvalue weighted by Crippen LogP contribution is -2.36. The summed E-state index contributed by atoms with van der Waals surface area (Å²) >= 11 is 0. The molecule has 2 aromatic carbocycles. The number of fused-ring (bicyclic) bond motifs is 1. The van der Waals surface area contributed by atoms with Crippen molar-refractivity contribution in [2.75, 3.05) is 20.2 Å². The fraction of sp³-hybridized carbons (Fsp3) is 0.333. The molecule has 2 heteroatoms. The number of hydrogen-bond acceptors (Lipinski definition) is 2. The maximum absolute atomic E-state index is 5.24. The molecule has 0 N–H and O–H groups in total. The van der Waals surface area contributed by atoms with E-state index in [1.54, 1.807) is 7.11 Å². The van der Waals surface area contributed by atoms with Gasteiger partial charge in [0.1, 0.15) is 5.75 Å². The highest BCUT2D eigenvalue weighted by atomic mass is 16.5. The highest BCUT2D eigenvalue weighted by molar-refractivity contribution is 5.84. The molecule has 2 nitrogen and oxygen atoms in total. The van der Waals surface area contributed by atoms with Crippen molar-refractivity contribution >= 4 is 10.8 Å². The molecule has 0 saturated carbocycles. The Bertz CT molecular complexity index is 531. The maximum atomic E-state index is 5.24. The Labute approximate surface area is 102 Å². The third-order valence-corrected chi connectivity index (χ3v) is 3.47. The van der Waals surface area contributed by atoms with Crippen molar-refractivity contribution in [1.82, 2.24) is 4.90 Å². The van der Waals surface area contributed by atoms with Crippen molar-refractivity contribution in [2.24, 2.45) is 0 Å². The second-order valence-electron chi connectivity index (χ2n) is 4.68. The Morgan fingerprint density at radius 1 is 1.06 bits per heavy atom. The van der Waals surface area contributed by atoms with Crippen LogP contribution in [0.2, 0.25) is 0 Å². The Hall–Kier alpha value is -1.54. The van der Waals surface area contributed by atoms with Gasteiger partial charge < -0.3 is 4.74 Å². The average Bonchev–Trinajstić information content (AvgIpc) is 2.33. The zero-order valence-electron chi connectivity index (χ0n) is 10.1. The molecule has 0 aromatic heterocycles. The van der Waals surface area contributed by atoms with E-state index in [2.05, 4.69) is 35.2 Å². The lowest BCUT2D eigenvalue weighted by atomic mass is 10.1. The molecule has 0 atom stereocenters. The topological polar surface area (TPSA) is 12.5 Å². The van der Waals surface area contributed by atoms with Gasteiger partial charge in [0.05, 0.1) is 7.11 Å².